The van der Waals surface area contributed by atoms with Gasteiger partial charge in [-0.1, -0.05) is 35.0 Å². The van der Waals surface area contributed by atoms with Crippen LogP contribution in [0.15, 0.2) is 28.7 Å². The topological polar surface area (TPSA) is 12.0 Å². The highest BCUT2D eigenvalue weighted by Gasteiger charge is 2.23. The lowest BCUT2D eigenvalue weighted by molar-refractivity contribution is 0.572. The molecule has 1 aromatic rings. The second-order valence-corrected chi connectivity index (χ2v) is 4.71. The summed E-state index contributed by atoms with van der Waals surface area (Å²) in [5.74, 6) is 1.47. The van der Waals surface area contributed by atoms with Gasteiger partial charge >= 0.3 is 0 Å². The molecule has 1 heterocycles. The fourth-order valence-electron chi connectivity index (χ4n) is 1.97. The van der Waals surface area contributed by atoms with Crippen LogP contribution >= 0.6 is 15.9 Å². The maximum absolute atomic E-state index is 3.45. The number of hydrogen-bond acceptors (Lipinski definition) is 1. The molecule has 0 amide bonds. The number of halogens is 1. The molecule has 0 aromatic heterocycles. The Kier molecular flexibility index (Phi) is 2.70. The molecule has 1 saturated heterocycles. The van der Waals surface area contributed by atoms with Crippen LogP contribution in [0.1, 0.15) is 18.4 Å². The monoisotopic (exact) mass is 239 g/mol. The third-order valence-electron chi connectivity index (χ3n) is 2.82. The molecule has 0 bridgehead atoms. The first kappa shape index (κ1) is 9.22. The van der Waals surface area contributed by atoms with Crippen LogP contribution in [-0.2, 0) is 0 Å². The van der Waals surface area contributed by atoms with Crippen molar-refractivity contribution in [3.8, 4) is 0 Å². The lowest BCUT2D eigenvalue weighted by Gasteiger charge is -2.14. The van der Waals surface area contributed by atoms with Gasteiger partial charge in [-0.05, 0) is 30.2 Å². The number of nitrogens with one attached hydrogen (secondary N) is 1. The van der Waals surface area contributed by atoms with E-state index in [2.05, 4.69) is 52.4 Å². The fraction of sp³-hybridized carbons (Fsp3) is 0.455. The lowest BCUT2D eigenvalue weighted by Crippen LogP contribution is -2.07. The molecular formula is C11H14BrN. The largest absolute Gasteiger partial charge is 0.316 e. The average Bonchev–Trinajstić information content (AvgIpc) is 2.53. The van der Waals surface area contributed by atoms with Crippen molar-refractivity contribution in [2.75, 3.05) is 13.1 Å². The summed E-state index contributed by atoms with van der Waals surface area (Å²) in [4.78, 5) is 0. The molecule has 0 unspecified atom stereocenters. The zero-order valence-electron chi connectivity index (χ0n) is 7.76. The van der Waals surface area contributed by atoms with Crippen LogP contribution in [0, 0.1) is 5.92 Å². The normalized spacial score (nSPS) is 27.8. The predicted molar refractivity (Wildman–Crippen MR) is 58.9 cm³/mol. The Labute approximate surface area is 87.7 Å². The van der Waals surface area contributed by atoms with Crippen molar-refractivity contribution >= 4 is 15.9 Å². The van der Waals surface area contributed by atoms with E-state index >= 15 is 0 Å². The van der Waals surface area contributed by atoms with Gasteiger partial charge in [0.05, 0.1) is 0 Å². The summed E-state index contributed by atoms with van der Waals surface area (Å²) in [6.45, 7) is 4.59. The van der Waals surface area contributed by atoms with Crippen molar-refractivity contribution < 1.29 is 0 Å². The van der Waals surface area contributed by atoms with Gasteiger partial charge in [0.25, 0.3) is 0 Å². The average molecular weight is 240 g/mol. The summed E-state index contributed by atoms with van der Waals surface area (Å²) < 4.78 is 1.16. The summed E-state index contributed by atoms with van der Waals surface area (Å²) >= 11 is 3.45. The Morgan fingerprint density at radius 3 is 2.46 bits per heavy atom. The van der Waals surface area contributed by atoms with Crippen molar-refractivity contribution in [3.05, 3.63) is 34.3 Å². The number of hydrogen-bond donors (Lipinski definition) is 1. The van der Waals surface area contributed by atoms with Gasteiger partial charge in [-0.25, -0.2) is 0 Å². The van der Waals surface area contributed by atoms with E-state index in [0.717, 1.165) is 23.5 Å². The van der Waals surface area contributed by atoms with Crippen molar-refractivity contribution in [2.45, 2.75) is 12.8 Å². The highest BCUT2D eigenvalue weighted by atomic mass is 79.9. The highest BCUT2D eigenvalue weighted by molar-refractivity contribution is 9.10. The Hall–Kier alpha value is -0.340. The molecule has 1 aliphatic rings. The molecule has 0 aliphatic carbocycles. The van der Waals surface area contributed by atoms with Gasteiger partial charge in [-0.2, -0.15) is 0 Å². The second kappa shape index (κ2) is 3.81. The quantitative estimate of drug-likeness (QED) is 0.795. The van der Waals surface area contributed by atoms with E-state index in [0.29, 0.717) is 5.92 Å². The van der Waals surface area contributed by atoms with Crippen molar-refractivity contribution in [2.24, 2.45) is 5.92 Å². The maximum atomic E-state index is 3.45. The van der Waals surface area contributed by atoms with E-state index in [1.807, 2.05) is 0 Å². The lowest BCUT2D eigenvalue weighted by atomic mass is 9.90. The zero-order valence-corrected chi connectivity index (χ0v) is 9.34. The molecule has 70 valence electrons. The molecule has 13 heavy (non-hydrogen) atoms. The molecule has 2 rings (SSSR count). The van der Waals surface area contributed by atoms with Crippen molar-refractivity contribution in [1.82, 2.24) is 5.32 Å². The molecule has 1 N–H and O–H groups in total. The molecule has 0 radical (unpaired) electrons. The van der Waals surface area contributed by atoms with Gasteiger partial charge in [0.15, 0.2) is 0 Å². The van der Waals surface area contributed by atoms with Gasteiger partial charge in [0, 0.05) is 16.9 Å². The van der Waals surface area contributed by atoms with Crippen LogP contribution in [0.3, 0.4) is 0 Å². The van der Waals surface area contributed by atoms with Crippen LogP contribution in [0.2, 0.25) is 0 Å². The second-order valence-electron chi connectivity index (χ2n) is 3.79. The van der Waals surface area contributed by atoms with E-state index < -0.39 is 0 Å². The van der Waals surface area contributed by atoms with E-state index in [-0.39, 0.29) is 0 Å². The van der Waals surface area contributed by atoms with Gasteiger partial charge in [0.1, 0.15) is 0 Å². The Morgan fingerprint density at radius 1 is 1.23 bits per heavy atom. The molecule has 1 nitrogen and oxygen atoms in total. The minimum absolute atomic E-state index is 0.702. The minimum atomic E-state index is 0.702. The summed E-state index contributed by atoms with van der Waals surface area (Å²) in [5.41, 5.74) is 1.46. The van der Waals surface area contributed by atoms with Gasteiger partial charge in [0.2, 0.25) is 0 Å². The molecule has 2 heteroatoms. The number of rotatable bonds is 1. The smallest absolute Gasteiger partial charge is 0.0175 e. The minimum Gasteiger partial charge on any atom is -0.316 e. The summed E-state index contributed by atoms with van der Waals surface area (Å²) in [6.07, 6.45) is 0. The van der Waals surface area contributed by atoms with E-state index in [4.69, 9.17) is 0 Å². The SMILES string of the molecule is C[C@H]1CNC[C@H]1c1ccc(Br)cc1. The van der Waals surface area contributed by atoms with Crippen LogP contribution in [0.4, 0.5) is 0 Å². The number of benzene rings is 1. The zero-order chi connectivity index (χ0) is 9.26. The van der Waals surface area contributed by atoms with E-state index in [1.165, 1.54) is 5.56 Å². The Bertz CT molecular complexity index is 281. The third-order valence-corrected chi connectivity index (χ3v) is 3.34. The van der Waals surface area contributed by atoms with Crippen LogP contribution in [0.5, 0.6) is 0 Å². The van der Waals surface area contributed by atoms with Gasteiger partial charge in [-0.15, -0.1) is 0 Å². The maximum Gasteiger partial charge on any atom is 0.0175 e. The van der Waals surface area contributed by atoms with Crippen LogP contribution in [0.25, 0.3) is 0 Å². The highest BCUT2D eigenvalue weighted by Crippen LogP contribution is 2.28. The molecule has 2 atom stereocenters. The van der Waals surface area contributed by atoms with Gasteiger partial charge < -0.3 is 5.32 Å². The molecular weight excluding hydrogens is 226 g/mol. The molecule has 0 saturated carbocycles. The fourth-order valence-corrected chi connectivity index (χ4v) is 2.23. The summed E-state index contributed by atoms with van der Waals surface area (Å²) in [6, 6.07) is 8.69. The van der Waals surface area contributed by atoms with Crippen molar-refractivity contribution in [1.29, 1.82) is 0 Å². The van der Waals surface area contributed by atoms with Crippen LogP contribution < -0.4 is 5.32 Å². The molecule has 1 aromatic carbocycles. The third kappa shape index (κ3) is 1.94. The summed E-state index contributed by atoms with van der Waals surface area (Å²) in [5, 5.41) is 3.42. The van der Waals surface area contributed by atoms with Crippen LogP contribution in [-0.4, -0.2) is 13.1 Å². The summed E-state index contributed by atoms with van der Waals surface area (Å²) in [7, 11) is 0. The molecule has 1 aliphatic heterocycles. The van der Waals surface area contributed by atoms with E-state index in [9.17, 15) is 0 Å². The predicted octanol–water partition coefficient (Wildman–Crippen LogP) is 2.77. The van der Waals surface area contributed by atoms with E-state index in [1.54, 1.807) is 0 Å². The first-order valence-corrected chi connectivity index (χ1v) is 5.53. The molecule has 1 fully saturated rings. The first-order chi connectivity index (χ1) is 6.27. The standard InChI is InChI=1S/C11H14BrN/c1-8-6-13-7-11(8)9-2-4-10(12)5-3-9/h2-5,8,11,13H,6-7H2,1H3/t8-,11+/m0/s1. The Balaban J connectivity index is 2.20. The Morgan fingerprint density at radius 2 is 1.92 bits per heavy atom. The van der Waals surface area contributed by atoms with Gasteiger partial charge in [-0.3, -0.25) is 0 Å². The first-order valence-electron chi connectivity index (χ1n) is 4.73. The molecule has 0 spiro atoms. The van der Waals surface area contributed by atoms with Crippen molar-refractivity contribution in [3.63, 3.8) is 0 Å².